The highest BCUT2D eigenvalue weighted by Crippen LogP contribution is 2.11. The molecule has 0 amide bonds. The van der Waals surface area contributed by atoms with Crippen molar-refractivity contribution in [1.29, 1.82) is 0 Å². The van der Waals surface area contributed by atoms with Gasteiger partial charge in [0.2, 0.25) is 6.10 Å². The average molecular weight is 219 g/mol. The predicted octanol–water partition coefficient (Wildman–Crippen LogP) is 1.42. The summed E-state index contributed by atoms with van der Waals surface area (Å²) in [6, 6.07) is 8.00. The van der Waals surface area contributed by atoms with E-state index >= 15 is 0 Å². The van der Waals surface area contributed by atoms with Crippen molar-refractivity contribution in [2.24, 2.45) is 4.99 Å². The van der Waals surface area contributed by atoms with E-state index in [-0.39, 0.29) is 6.54 Å². The maximum Gasteiger partial charge on any atom is 0.346 e. The summed E-state index contributed by atoms with van der Waals surface area (Å²) in [4.78, 5) is 14.7. The molecule has 2 rings (SSSR count). The van der Waals surface area contributed by atoms with Crippen LogP contribution in [0.2, 0.25) is 0 Å². The number of aliphatic imine (C=N–C) groups is 1. The molecule has 84 valence electrons. The molecule has 0 aliphatic carbocycles. The van der Waals surface area contributed by atoms with Crippen LogP contribution in [-0.4, -0.2) is 29.6 Å². The summed E-state index contributed by atoms with van der Waals surface area (Å²) < 4.78 is 5.22. The van der Waals surface area contributed by atoms with Crippen LogP contribution in [0.25, 0.3) is 0 Å². The van der Waals surface area contributed by atoms with E-state index < -0.39 is 12.1 Å². The van der Waals surface area contributed by atoms with Crippen molar-refractivity contribution in [2.75, 3.05) is 6.54 Å². The number of benzene rings is 1. The molecule has 4 heteroatoms. The molecule has 1 aromatic carbocycles. The number of hydrogen-bond donors (Lipinski definition) is 1. The molecule has 1 aliphatic rings. The Bertz CT molecular complexity index is 440. The summed E-state index contributed by atoms with van der Waals surface area (Å²) in [6.07, 6.45) is -0.245. The molecule has 1 atom stereocenters. The van der Waals surface area contributed by atoms with Crippen LogP contribution in [0.3, 0.4) is 0 Å². The lowest BCUT2D eigenvalue weighted by Crippen LogP contribution is -2.24. The average Bonchev–Trinajstić information content (AvgIpc) is 2.66. The third-order valence-corrected chi connectivity index (χ3v) is 2.43. The Labute approximate surface area is 93.6 Å². The lowest BCUT2D eigenvalue weighted by atomic mass is 10.1. The van der Waals surface area contributed by atoms with Crippen LogP contribution >= 0.6 is 0 Å². The van der Waals surface area contributed by atoms with E-state index in [1.165, 1.54) is 5.56 Å². The Kier molecular flexibility index (Phi) is 2.90. The first-order valence-corrected chi connectivity index (χ1v) is 5.13. The standard InChI is InChI=1S/C12H13NO3/c1-8-3-2-4-9(5-8)6-11-13-7-10(16-11)12(14)15/h2-5,10H,6-7H2,1H3,(H,14,15). The third kappa shape index (κ3) is 2.39. The smallest absolute Gasteiger partial charge is 0.346 e. The zero-order valence-corrected chi connectivity index (χ0v) is 9.01. The van der Waals surface area contributed by atoms with E-state index in [1.54, 1.807) is 0 Å². The van der Waals surface area contributed by atoms with Gasteiger partial charge in [0.1, 0.15) is 0 Å². The summed E-state index contributed by atoms with van der Waals surface area (Å²) in [5.74, 6) is -0.444. The molecule has 0 fully saturated rings. The van der Waals surface area contributed by atoms with Crippen LogP contribution in [0.15, 0.2) is 29.3 Å². The fourth-order valence-electron chi connectivity index (χ4n) is 1.65. The minimum Gasteiger partial charge on any atom is -0.478 e. The second-order valence-corrected chi connectivity index (χ2v) is 3.84. The minimum absolute atomic E-state index is 0.219. The van der Waals surface area contributed by atoms with Gasteiger partial charge in [0.25, 0.3) is 0 Å². The zero-order chi connectivity index (χ0) is 11.5. The van der Waals surface area contributed by atoms with Crippen LogP contribution < -0.4 is 0 Å². The number of rotatable bonds is 3. The normalized spacial score (nSPS) is 19.1. The van der Waals surface area contributed by atoms with Gasteiger partial charge in [0.05, 0.1) is 6.54 Å². The molecule has 1 unspecified atom stereocenters. The van der Waals surface area contributed by atoms with E-state index in [2.05, 4.69) is 4.99 Å². The first-order chi connectivity index (χ1) is 7.65. The summed E-state index contributed by atoms with van der Waals surface area (Å²) >= 11 is 0. The maximum atomic E-state index is 10.7. The van der Waals surface area contributed by atoms with Crippen LogP contribution in [0.5, 0.6) is 0 Å². The number of hydrogen-bond acceptors (Lipinski definition) is 3. The Morgan fingerprint density at radius 3 is 3.06 bits per heavy atom. The van der Waals surface area contributed by atoms with Crippen molar-refractivity contribution in [3.8, 4) is 0 Å². The van der Waals surface area contributed by atoms with Crippen LogP contribution in [0.1, 0.15) is 11.1 Å². The number of carbonyl (C=O) groups is 1. The Hall–Kier alpha value is -1.84. The fraction of sp³-hybridized carbons (Fsp3) is 0.333. The summed E-state index contributed by atoms with van der Waals surface area (Å²) in [5, 5.41) is 8.74. The van der Waals surface area contributed by atoms with Gasteiger partial charge in [0.15, 0.2) is 5.90 Å². The molecule has 1 heterocycles. The van der Waals surface area contributed by atoms with Crippen molar-refractivity contribution in [1.82, 2.24) is 0 Å². The fourth-order valence-corrected chi connectivity index (χ4v) is 1.65. The van der Waals surface area contributed by atoms with Crippen LogP contribution in [0.4, 0.5) is 0 Å². The second kappa shape index (κ2) is 4.35. The molecule has 1 aliphatic heterocycles. The Morgan fingerprint density at radius 2 is 2.44 bits per heavy atom. The zero-order valence-electron chi connectivity index (χ0n) is 9.01. The first kappa shape index (κ1) is 10.7. The molecule has 1 N–H and O–H groups in total. The van der Waals surface area contributed by atoms with Crippen molar-refractivity contribution < 1.29 is 14.6 Å². The van der Waals surface area contributed by atoms with Gasteiger partial charge in [-0.2, -0.15) is 0 Å². The molecule has 4 nitrogen and oxygen atoms in total. The Balaban J connectivity index is 1.99. The predicted molar refractivity (Wildman–Crippen MR) is 59.7 cm³/mol. The van der Waals surface area contributed by atoms with E-state index in [9.17, 15) is 4.79 Å². The van der Waals surface area contributed by atoms with Gasteiger partial charge in [-0.3, -0.25) is 4.99 Å². The monoisotopic (exact) mass is 219 g/mol. The number of carboxylic acids is 1. The number of ether oxygens (including phenoxy) is 1. The summed E-state index contributed by atoms with van der Waals surface area (Å²) in [7, 11) is 0. The van der Waals surface area contributed by atoms with Gasteiger partial charge < -0.3 is 9.84 Å². The molecule has 0 saturated carbocycles. The molecule has 0 saturated heterocycles. The minimum atomic E-state index is -0.956. The van der Waals surface area contributed by atoms with E-state index in [4.69, 9.17) is 9.84 Å². The van der Waals surface area contributed by atoms with Gasteiger partial charge in [0, 0.05) is 6.42 Å². The first-order valence-electron chi connectivity index (χ1n) is 5.13. The van der Waals surface area contributed by atoms with Crippen molar-refractivity contribution in [3.63, 3.8) is 0 Å². The molecule has 0 bridgehead atoms. The number of carboxylic acid groups (broad SMARTS) is 1. The van der Waals surface area contributed by atoms with Gasteiger partial charge >= 0.3 is 5.97 Å². The SMILES string of the molecule is Cc1cccc(CC2=NCC(C(=O)O)O2)c1. The van der Waals surface area contributed by atoms with Gasteiger partial charge in [-0.25, -0.2) is 4.79 Å². The second-order valence-electron chi connectivity index (χ2n) is 3.84. The Morgan fingerprint density at radius 1 is 1.62 bits per heavy atom. The van der Waals surface area contributed by atoms with Crippen molar-refractivity contribution >= 4 is 11.9 Å². The number of aryl methyl sites for hydroxylation is 1. The van der Waals surface area contributed by atoms with Crippen molar-refractivity contribution in [3.05, 3.63) is 35.4 Å². The van der Waals surface area contributed by atoms with E-state index in [0.29, 0.717) is 12.3 Å². The largest absolute Gasteiger partial charge is 0.478 e. The highest BCUT2D eigenvalue weighted by Gasteiger charge is 2.26. The molecule has 0 radical (unpaired) electrons. The van der Waals surface area contributed by atoms with E-state index in [1.807, 2.05) is 31.2 Å². The molecule has 1 aromatic rings. The summed E-state index contributed by atoms with van der Waals surface area (Å²) in [5.41, 5.74) is 2.26. The van der Waals surface area contributed by atoms with Crippen molar-refractivity contribution in [2.45, 2.75) is 19.4 Å². The summed E-state index contributed by atoms with van der Waals surface area (Å²) in [6.45, 7) is 2.23. The van der Waals surface area contributed by atoms with Gasteiger partial charge in [-0.1, -0.05) is 29.8 Å². The van der Waals surface area contributed by atoms with Gasteiger partial charge in [-0.15, -0.1) is 0 Å². The topological polar surface area (TPSA) is 58.9 Å². The number of nitrogens with zero attached hydrogens (tertiary/aromatic N) is 1. The number of aliphatic carboxylic acids is 1. The lowest BCUT2D eigenvalue weighted by molar-refractivity contribution is -0.144. The lowest BCUT2D eigenvalue weighted by Gasteiger charge is -2.06. The molecule has 0 spiro atoms. The van der Waals surface area contributed by atoms with E-state index in [0.717, 1.165) is 5.56 Å². The quantitative estimate of drug-likeness (QED) is 0.836. The molecule has 0 aromatic heterocycles. The van der Waals surface area contributed by atoms with Crippen LogP contribution in [0, 0.1) is 6.92 Å². The third-order valence-electron chi connectivity index (χ3n) is 2.43. The molecular formula is C12H13NO3. The van der Waals surface area contributed by atoms with Crippen LogP contribution in [-0.2, 0) is 16.0 Å². The molecule has 16 heavy (non-hydrogen) atoms. The maximum absolute atomic E-state index is 10.7. The molecular weight excluding hydrogens is 206 g/mol. The highest BCUT2D eigenvalue weighted by molar-refractivity contribution is 5.85. The highest BCUT2D eigenvalue weighted by atomic mass is 16.5. The van der Waals surface area contributed by atoms with Gasteiger partial charge in [-0.05, 0) is 12.5 Å².